The standard InChI is InChI=1S/C3H7.2ClH/c1-3-2;;/h3H,1-2H3;2*1H. The van der Waals surface area contributed by atoms with Crippen LogP contribution in [-0.2, 0) is 0 Å². The van der Waals surface area contributed by atoms with Crippen molar-refractivity contribution in [3.8, 4) is 0 Å². The average molecular weight is 116 g/mol. The first-order chi connectivity index (χ1) is 1.41. The Hall–Kier alpha value is 0.580. The highest BCUT2D eigenvalue weighted by Gasteiger charge is 1.36. The predicted octanol–water partition coefficient (Wildman–Crippen LogP) is 2.07. The number of hydrogen-bond acceptors (Lipinski definition) is 0. The highest BCUT2D eigenvalue weighted by atomic mass is 35.5. The molecule has 0 fully saturated rings. The molecule has 0 N–H and O–H groups in total. The molecule has 5 heavy (non-hydrogen) atoms. The van der Waals surface area contributed by atoms with Gasteiger partial charge in [0, 0.05) is 0 Å². The predicted molar refractivity (Wildman–Crippen MR) is 30.1 cm³/mol. The molecule has 0 saturated carbocycles. The van der Waals surface area contributed by atoms with Crippen LogP contribution in [0.4, 0.5) is 0 Å². The fourth-order valence-corrected chi connectivity index (χ4v) is 0. The van der Waals surface area contributed by atoms with Crippen LogP contribution in [0.15, 0.2) is 0 Å². The van der Waals surface area contributed by atoms with Crippen LogP contribution in [0.2, 0.25) is 0 Å². The van der Waals surface area contributed by atoms with E-state index in [9.17, 15) is 0 Å². The maximum atomic E-state index is 2.00. The van der Waals surface area contributed by atoms with Crippen LogP contribution >= 0.6 is 24.8 Å². The largest absolute Gasteiger partial charge is 0.147 e. The molecular formula is C3H9Cl2. The molecule has 35 valence electrons. The molecule has 0 atom stereocenters. The Balaban J connectivity index is -0.0000000200. The summed E-state index contributed by atoms with van der Waals surface area (Å²) >= 11 is 0. The fraction of sp³-hybridized carbons (Fsp3) is 0.667. The SMILES string of the molecule is C[CH]C.Cl.Cl. The molecule has 0 aromatic rings. The second kappa shape index (κ2) is 23.5. The number of halogens is 2. The Bertz CT molecular complexity index is 4.85. The van der Waals surface area contributed by atoms with Gasteiger partial charge in [0.15, 0.2) is 0 Å². The topological polar surface area (TPSA) is 0 Å². The maximum Gasteiger partial charge on any atom is -0.0448 e. The Labute approximate surface area is 45.8 Å². The quantitative estimate of drug-likeness (QED) is 0.454. The van der Waals surface area contributed by atoms with Gasteiger partial charge in [0.25, 0.3) is 0 Å². The first-order valence-corrected chi connectivity index (χ1v) is 1.15. The van der Waals surface area contributed by atoms with E-state index in [1.54, 1.807) is 0 Å². The normalized spacial score (nSPS) is 3.60. The molecule has 0 bridgehead atoms. The second-order valence-electron chi connectivity index (χ2n) is 0.577. The van der Waals surface area contributed by atoms with Gasteiger partial charge >= 0.3 is 0 Å². The lowest BCUT2D eigenvalue weighted by Crippen LogP contribution is -1.30. The van der Waals surface area contributed by atoms with Gasteiger partial charge in [-0.15, -0.1) is 24.8 Å². The number of rotatable bonds is 0. The zero-order chi connectivity index (χ0) is 2.71. The van der Waals surface area contributed by atoms with Crippen molar-refractivity contribution in [1.82, 2.24) is 0 Å². The lowest BCUT2D eigenvalue weighted by molar-refractivity contribution is 1.41. The summed E-state index contributed by atoms with van der Waals surface area (Å²) in [6, 6.07) is 0. The monoisotopic (exact) mass is 115 g/mol. The molecule has 0 amide bonds. The summed E-state index contributed by atoms with van der Waals surface area (Å²) in [7, 11) is 0. The van der Waals surface area contributed by atoms with Crippen LogP contribution in [0.25, 0.3) is 0 Å². The van der Waals surface area contributed by atoms with E-state index in [-0.39, 0.29) is 24.8 Å². The average Bonchev–Trinajstić information content (AvgIpc) is 0.918. The van der Waals surface area contributed by atoms with Crippen molar-refractivity contribution in [1.29, 1.82) is 0 Å². The highest BCUT2D eigenvalue weighted by molar-refractivity contribution is 5.85. The van der Waals surface area contributed by atoms with E-state index in [1.807, 2.05) is 20.3 Å². The molecular weight excluding hydrogens is 107 g/mol. The van der Waals surface area contributed by atoms with Crippen LogP contribution in [0.5, 0.6) is 0 Å². The van der Waals surface area contributed by atoms with Crippen molar-refractivity contribution in [2.45, 2.75) is 13.8 Å². The van der Waals surface area contributed by atoms with Crippen molar-refractivity contribution in [2.24, 2.45) is 0 Å². The lowest BCUT2D eigenvalue weighted by atomic mass is 10.6. The molecule has 0 spiro atoms. The summed E-state index contributed by atoms with van der Waals surface area (Å²) in [5.74, 6) is 0. The van der Waals surface area contributed by atoms with E-state index in [0.29, 0.717) is 0 Å². The highest BCUT2D eigenvalue weighted by Crippen LogP contribution is 1.53. The third-order valence-corrected chi connectivity index (χ3v) is 0. The molecule has 0 unspecified atom stereocenters. The van der Waals surface area contributed by atoms with Crippen molar-refractivity contribution in [3.05, 3.63) is 6.42 Å². The molecule has 0 rings (SSSR count). The Morgan fingerprint density at radius 2 is 1.00 bits per heavy atom. The van der Waals surface area contributed by atoms with Gasteiger partial charge < -0.3 is 0 Å². The minimum absolute atomic E-state index is 0. The van der Waals surface area contributed by atoms with Gasteiger partial charge in [-0.25, -0.2) is 0 Å². The Morgan fingerprint density at radius 3 is 1.00 bits per heavy atom. The molecule has 2 heteroatoms. The van der Waals surface area contributed by atoms with Crippen molar-refractivity contribution >= 4 is 24.8 Å². The van der Waals surface area contributed by atoms with Gasteiger partial charge in [-0.1, -0.05) is 13.8 Å². The molecule has 0 aliphatic heterocycles. The maximum absolute atomic E-state index is 2.00. The van der Waals surface area contributed by atoms with Gasteiger partial charge in [0.2, 0.25) is 0 Å². The first kappa shape index (κ1) is 17.6. The third kappa shape index (κ3) is 90.6. The van der Waals surface area contributed by atoms with Crippen molar-refractivity contribution in [3.63, 3.8) is 0 Å². The van der Waals surface area contributed by atoms with Crippen LogP contribution in [0.1, 0.15) is 13.8 Å². The van der Waals surface area contributed by atoms with Crippen LogP contribution < -0.4 is 0 Å². The summed E-state index contributed by atoms with van der Waals surface area (Å²) in [5.41, 5.74) is 0. The zero-order valence-electron chi connectivity index (χ0n) is 3.39. The van der Waals surface area contributed by atoms with Crippen LogP contribution in [0.3, 0.4) is 0 Å². The number of hydrogen-bond donors (Lipinski definition) is 0. The van der Waals surface area contributed by atoms with Gasteiger partial charge in [0.1, 0.15) is 0 Å². The third-order valence-electron chi connectivity index (χ3n) is 0. The van der Waals surface area contributed by atoms with Crippen molar-refractivity contribution in [2.75, 3.05) is 0 Å². The summed E-state index contributed by atoms with van der Waals surface area (Å²) in [6.45, 7) is 4.00. The molecule has 0 aliphatic rings. The minimum atomic E-state index is 0. The van der Waals surface area contributed by atoms with Gasteiger partial charge in [-0.2, -0.15) is 0 Å². The summed E-state index contributed by atoms with van der Waals surface area (Å²) in [5, 5.41) is 0. The second-order valence-corrected chi connectivity index (χ2v) is 0.577. The summed E-state index contributed by atoms with van der Waals surface area (Å²) in [6.07, 6.45) is 2.00. The van der Waals surface area contributed by atoms with Crippen LogP contribution in [0, 0.1) is 6.42 Å². The fourth-order valence-electron chi connectivity index (χ4n) is 0. The molecule has 0 heterocycles. The minimum Gasteiger partial charge on any atom is -0.147 e. The van der Waals surface area contributed by atoms with Crippen LogP contribution in [-0.4, -0.2) is 0 Å². The van der Waals surface area contributed by atoms with E-state index in [4.69, 9.17) is 0 Å². The molecule has 0 saturated heterocycles. The molecule has 1 radical (unpaired) electrons. The smallest absolute Gasteiger partial charge is 0.0448 e. The van der Waals surface area contributed by atoms with E-state index in [2.05, 4.69) is 0 Å². The van der Waals surface area contributed by atoms with E-state index in [0.717, 1.165) is 0 Å². The molecule has 0 aromatic carbocycles. The van der Waals surface area contributed by atoms with E-state index >= 15 is 0 Å². The molecule has 0 aromatic heterocycles. The van der Waals surface area contributed by atoms with Gasteiger partial charge in [0.05, 0.1) is 0 Å². The lowest BCUT2D eigenvalue weighted by Gasteiger charge is -1.47. The van der Waals surface area contributed by atoms with E-state index < -0.39 is 0 Å². The van der Waals surface area contributed by atoms with Gasteiger partial charge in [-0.05, 0) is 6.42 Å². The first-order valence-electron chi connectivity index (χ1n) is 1.15. The summed E-state index contributed by atoms with van der Waals surface area (Å²) < 4.78 is 0. The Morgan fingerprint density at radius 1 is 1.00 bits per heavy atom. The molecule has 0 aliphatic carbocycles. The zero-order valence-corrected chi connectivity index (χ0v) is 5.03. The summed E-state index contributed by atoms with van der Waals surface area (Å²) in [4.78, 5) is 0. The molecule has 0 nitrogen and oxygen atoms in total. The Kier molecular flexibility index (Phi) is 82.7. The van der Waals surface area contributed by atoms with Crippen molar-refractivity contribution < 1.29 is 0 Å². The van der Waals surface area contributed by atoms with Gasteiger partial charge in [-0.3, -0.25) is 0 Å². The van der Waals surface area contributed by atoms with E-state index in [1.165, 1.54) is 0 Å².